The molecule has 1 fully saturated rings. The lowest BCUT2D eigenvalue weighted by Gasteiger charge is -2.40. The summed E-state index contributed by atoms with van der Waals surface area (Å²) in [6, 6.07) is 0.308. The minimum atomic E-state index is -0.561. The zero-order chi connectivity index (χ0) is 12.2. The second kappa shape index (κ2) is 5.64. The number of ether oxygens (including phenoxy) is 1. The maximum Gasteiger partial charge on any atom is 0.237 e. The Balaban J connectivity index is 2.75. The number of nitrogens with one attached hydrogen (secondary N) is 1. The number of carbonyl (C=O) groups is 1. The highest BCUT2D eigenvalue weighted by atomic mass is 16.5. The molecule has 3 N–H and O–H groups in total. The van der Waals surface area contributed by atoms with Crippen LogP contribution >= 0.6 is 0 Å². The molecule has 0 bridgehead atoms. The van der Waals surface area contributed by atoms with Crippen LogP contribution in [0.15, 0.2) is 0 Å². The smallest absolute Gasteiger partial charge is 0.237 e. The monoisotopic (exact) mass is 228 g/mol. The van der Waals surface area contributed by atoms with Crippen molar-refractivity contribution < 1.29 is 9.53 Å². The second-order valence-corrected chi connectivity index (χ2v) is 4.76. The summed E-state index contributed by atoms with van der Waals surface area (Å²) in [4.78, 5) is 11.7. The van der Waals surface area contributed by atoms with E-state index in [0.29, 0.717) is 25.5 Å². The van der Waals surface area contributed by atoms with Gasteiger partial charge < -0.3 is 15.8 Å². The third kappa shape index (κ3) is 2.95. The van der Waals surface area contributed by atoms with Crippen molar-refractivity contribution in [2.75, 3.05) is 6.61 Å². The minimum Gasteiger partial charge on any atom is -0.378 e. The van der Waals surface area contributed by atoms with Crippen LogP contribution in [0.4, 0.5) is 0 Å². The van der Waals surface area contributed by atoms with Crippen LogP contribution in [0.3, 0.4) is 0 Å². The maximum absolute atomic E-state index is 11.7. The normalized spacial score (nSPS) is 32.3. The van der Waals surface area contributed by atoms with Gasteiger partial charge in [-0.15, -0.1) is 0 Å². The quantitative estimate of drug-likeness (QED) is 0.743. The fraction of sp³-hybridized carbons (Fsp3) is 0.917. The van der Waals surface area contributed by atoms with Crippen LogP contribution in [0.1, 0.15) is 46.5 Å². The molecule has 0 aromatic heterocycles. The summed E-state index contributed by atoms with van der Waals surface area (Å²) in [6.45, 7) is 6.87. The highest BCUT2D eigenvalue weighted by Gasteiger charge is 2.41. The van der Waals surface area contributed by atoms with Crippen molar-refractivity contribution in [3.05, 3.63) is 0 Å². The van der Waals surface area contributed by atoms with Gasteiger partial charge in [0.05, 0.1) is 6.10 Å². The average molecular weight is 228 g/mol. The number of hydrogen-bond acceptors (Lipinski definition) is 3. The van der Waals surface area contributed by atoms with Crippen LogP contribution in [0.25, 0.3) is 0 Å². The SMILES string of the molecule is CCC(C)NC1(C(N)=O)CCOC(CC)C1. The average Bonchev–Trinajstić information content (AvgIpc) is 2.28. The van der Waals surface area contributed by atoms with Crippen LogP contribution in [-0.4, -0.2) is 30.2 Å². The molecule has 3 atom stereocenters. The van der Waals surface area contributed by atoms with Gasteiger partial charge in [-0.3, -0.25) is 4.79 Å². The van der Waals surface area contributed by atoms with Crippen molar-refractivity contribution in [3.63, 3.8) is 0 Å². The van der Waals surface area contributed by atoms with Gasteiger partial charge in [0, 0.05) is 19.1 Å². The van der Waals surface area contributed by atoms with Crippen molar-refractivity contribution in [1.82, 2.24) is 5.32 Å². The fourth-order valence-electron chi connectivity index (χ4n) is 2.21. The Morgan fingerprint density at radius 2 is 2.31 bits per heavy atom. The Bertz CT molecular complexity index is 241. The van der Waals surface area contributed by atoms with Gasteiger partial charge in [-0.2, -0.15) is 0 Å². The first kappa shape index (κ1) is 13.5. The number of primary amides is 1. The zero-order valence-electron chi connectivity index (χ0n) is 10.6. The van der Waals surface area contributed by atoms with E-state index in [1.54, 1.807) is 0 Å². The molecule has 1 aliphatic heterocycles. The van der Waals surface area contributed by atoms with Crippen LogP contribution in [0.2, 0.25) is 0 Å². The van der Waals surface area contributed by atoms with E-state index in [4.69, 9.17) is 10.5 Å². The van der Waals surface area contributed by atoms with Gasteiger partial charge in [-0.05, 0) is 26.2 Å². The lowest BCUT2D eigenvalue weighted by atomic mass is 9.84. The molecule has 1 heterocycles. The minimum absolute atomic E-state index is 0.151. The maximum atomic E-state index is 11.7. The molecule has 1 rings (SSSR count). The molecule has 0 saturated carbocycles. The first-order valence-corrected chi connectivity index (χ1v) is 6.23. The molecule has 0 aliphatic carbocycles. The van der Waals surface area contributed by atoms with Crippen LogP contribution < -0.4 is 11.1 Å². The third-order valence-electron chi connectivity index (χ3n) is 3.52. The molecule has 3 unspecified atom stereocenters. The topological polar surface area (TPSA) is 64.3 Å². The summed E-state index contributed by atoms with van der Waals surface area (Å²) in [6.07, 6.45) is 3.45. The highest BCUT2D eigenvalue weighted by Crippen LogP contribution is 2.27. The first-order chi connectivity index (χ1) is 7.54. The lowest BCUT2D eigenvalue weighted by Crippen LogP contribution is -2.62. The van der Waals surface area contributed by atoms with Crippen LogP contribution in [0, 0.1) is 0 Å². The van der Waals surface area contributed by atoms with Gasteiger partial charge in [0.1, 0.15) is 5.54 Å². The third-order valence-corrected chi connectivity index (χ3v) is 3.52. The van der Waals surface area contributed by atoms with E-state index in [1.165, 1.54) is 0 Å². The molecule has 0 radical (unpaired) electrons. The summed E-state index contributed by atoms with van der Waals surface area (Å²) in [5.41, 5.74) is 5.00. The van der Waals surface area contributed by atoms with Gasteiger partial charge in [0.2, 0.25) is 5.91 Å². The molecule has 94 valence electrons. The van der Waals surface area contributed by atoms with Crippen molar-refractivity contribution in [2.24, 2.45) is 5.73 Å². The van der Waals surface area contributed by atoms with E-state index in [2.05, 4.69) is 26.1 Å². The first-order valence-electron chi connectivity index (χ1n) is 6.23. The van der Waals surface area contributed by atoms with E-state index in [1.807, 2.05) is 0 Å². The van der Waals surface area contributed by atoms with Gasteiger partial charge in [-0.1, -0.05) is 13.8 Å². The van der Waals surface area contributed by atoms with E-state index in [0.717, 1.165) is 12.8 Å². The number of rotatable bonds is 5. The Kier molecular flexibility index (Phi) is 4.74. The molecule has 0 aromatic rings. The van der Waals surface area contributed by atoms with Crippen molar-refractivity contribution in [3.8, 4) is 0 Å². The summed E-state index contributed by atoms with van der Waals surface area (Å²) in [5.74, 6) is -0.241. The highest BCUT2D eigenvalue weighted by molar-refractivity contribution is 5.84. The fourth-order valence-corrected chi connectivity index (χ4v) is 2.21. The van der Waals surface area contributed by atoms with Gasteiger partial charge >= 0.3 is 0 Å². The van der Waals surface area contributed by atoms with Crippen LogP contribution in [-0.2, 0) is 9.53 Å². The van der Waals surface area contributed by atoms with Gasteiger partial charge in [0.25, 0.3) is 0 Å². The molecule has 0 aromatic carbocycles. The molecule has 1 amide bonds. The molecule has 1 saturated heterocycles. The summed E-state index contributed by atoms with van der Waals surface area (Å²) in [7, 11) is 0. The lowest BCUT2D eigenvalue weighted by molar-refractivity contribution is -0.132. The zero-order valence-corrected chi connectivity index (χ0v) is 10.6. The molecule has 16 heavy (non-hydrogen) atoms. The second-order valence-electron chi connectivity index (χ2n) is 4.76. The van der Waals surface area contributed by atoms with E-state index < -0.39 is 5.54 Å². The van der Waals surface area contributed by atoms with Gasteiger partial charge in [-0.25, -0.2) is 0 Å². The van der Waals surface area contributed by atoms with Gasteiger partial charge in [0.15, 0.2) is 0 Å². The molecule has 4 nitrogen and oxygen atoms in total. The summed E-state index contributed by atoms with van der Waals surface area (Å²) < 4.78 is 5.60. The Labute approximate surface area is 97.9 Å². The molecular formula is C12H24N2O2. The molecule has 1 aliphatic rings. The van der Waals surface area contributed by atoms with E-state index in [-0.39, 0.29) is 12.0 Å². The van der Waals surface area contributed by atoms with Crippen molar-refractivity contribution >= 4 is 5.91 Å². The number of nitrogens with two attached hydrogens (primary N) is 1. The largest absolute Gasteiger partial charge is 0.378 e. The number of hydrogen-bond donors (Lipinski definition) is 2. The van der Waals surface area contributed by atoms with Crippen LogP contribution in [0.5, 0.6) is 0 Å². The number of carbonyl (C=O) groups excluding carboxylic acids is 1. The number of amides is 1. The Morgan fingerprint density at radius 1 is 1.62 bits per heavy atom. The van der Waals surface area contributed by atoms with E-state index in [9.17, 15) is 4.79 Å². The molecule has 4 heteroatoms. The molecule has 0 spiro atoms. The Morgan fingerprint density at radius 3 is 2.81 bits per heavy atom. The van der Waals surface area contributed by atoms with Crippen molar-refractivity contribution in [1.29, 1.82) is 0 Å². The predicted octanol–water partition coefficient (Wildman–Crippen LogP) is 1.19. The standard InChI is InChI=1S/C12H24N2O2/c1-4-9(3)14-12(11(13)15)6-7-16-10(5-2)8-12/h9-10,14H,4-8H2,1-3H3,(H2,13,15). The summed E-state index contributed by atoms with van der Waals surface area (Å²) >= 11 is 0. The predicted molar refractivity (Wildman–Crippen MR) is 64.1 cm³/mol. The summed E-state index contributed by atoms with van der Waals surface area (Å²) in [5, 5.41) is 3.39. The van der Waals surface area contributed by atoms with E-state index >= 15 is 0 Å². The van der Waals surface area contributed by atoms with Crippen molar-refractivity contribution in [2.45, 2.75) is 64.1 Å². The Hall–Kier alpha value is -0.610. The molecular weight excluding hydrogens is 204 g/mol.